The van der Waals surface area contributed by atoms with Gasteiger partial charge in [0, 0.05) is 32.5 Å². The van der Waals surface area contributed by atoms with Crippen LogP contribution in [0.1, 0.15) is 16.1 Å². The van der Waals surface area contributed by atoms with Gasteiger partial charge in [-0.15, -0.1) is 0 Å². The van der Waals surface area contributed by atoms with Gasteiger partial charge in [0.2, 0.25) is 0 Å². The van der Waals surface area contributed by atoms with E-state index in [1.165, 1.54) is 11.1 Å². The number of likely N-dealkylation sites (N-methyl/N-ethyl adjacent to an activating group) is 1. The van der Waals surface area contributed by atoms with Gasteiger partial charge in [-0.25, -0.2) is 0 Å². The van der Waals surface area contributed by atoms with Crippen molar-refractivity contribution in [2.24, 2.45) is 0 Å². The van der Waals surface area contributed by atoms with Gasteiger partial charge in [-0.1, -0.05) is 6.07 Å². The van der Waals surface area contributed by atoms with Crippen molar-refractivity contribution in [1.29, 1.82) is 0 Å². The van der Waals surface area contributed by atoms with Gasteiger partial charge in [0.15, 0.2) is 0 Å². The minimum atomic E-state index is -0.207. The second-order valence-electron chi connectivity index (χ2n) is 3.39. The minimum Gasteiger partial charge on any atom is -0.392 e. The van der Waals surface area contributed by atoms with Gasteiger partial charge >= 0.3 is 0 Å². The van der Waals surface area contributed by atoms with Crippen molar-refractivity contribution in [2.45, 2.75) is 6.61 Å². The molecular formula is C11H16N2O3. The molecule has 0 aromatic carbocycles. The second kappa shape index (κ2) is 6.19. The number of amides is 1. The van der Waals surface area contributed by atoms with Crippen LogP contribution in [0.2, 0.25) is 0 Å². The van der Waals surface area contributed by atoms with Crippen LogP contribution in [-0.4, -0.2) is 48.2 Å². The van der Waals surface area contributed by atoms with E-state index in [-0.39, 0.29) is 12.5 Å². The summed E-state index contributed by atoms with van der Waals surface area (Å²) in [6, 6.07) is 3.38. The summed E-state index contributed by atoms with van der Waals surface area (Å²) < 4.78 is 4.89. The Balaban J connectivity index is 2.79. The van der Waals surface area contributed by atoms with Gasteiger partial charge in [0.1, 0.15) is 5.69 Å². The monoisotopic (exact) mass is 224 g/mol. The first kappa shape index (κ1) is 12.6. The third kappa shape index (κ3) is 3.01. The number of aliphatic hydroxyl groups excluding tert-OH is 1. The maximum Gasteiger partial charge on any atom is 0.272 e. The summed E-state index contributed by atoms with van der Waals surface area (Å²) >= 11 is 0. The summed E-state index contributed by atoms with van der Waals surface area (Å²) in [5, 5.41) is 9.09. The van der Waals surface area contributed by atoms with E-state index in [0.29, 0.717) is 24.4 Å². The Labute approximate surface area is 94.7 Å². The SMILES string of the molecule is COCCN(C)C(=O)c1ncccc1CO. The predicted molar refractivity (Wildman–Crippen MR) is 59.0 cm³/mol. The van der Waals surface area contributed by atoms with E-state index in [2.05, 4.69) is 4.98 Å². The molecule has 1 aromatic heterocycles. The van der Waals surface area contributed by atoms with Crippen LogP contribution in [0.3, 0.4) is 0 Å². The summed E-state index contributed by atoms with van der Waals surface area (Å²) in [5.74, 6) is -0.207. The number of hydrogen-bond acceptors (Lipinski definition) is 4. The highest BCUT2D eigenvalue weighted by Gasteiger charge is 2.16. The summed E-state index contributed by atoms with van der Waals surface area (Å²) in [6.07, 6.45) is 1.54. The molecule has 1 aromatic rings. The quantitative estimate of drug-likeness (QED) is 0.781. The number of hydrogen-bond donors (Lipinski definition) is 1. The van der Waals surface area contributed by atoms with Gasteiger partial charge < -0.3 is 14.7 Å². The Kier molecular flexibility index (Phi) is 4.88. The van der Waals surface area contributed by atoms with Crippen LogP contribution in [0, 0.1) is 0 Å². The molecule has 0 spiro atoms. The number of ether oxygens (including phenoxy) is 1. The first-order valence-corrected chi connectivity index (χ1v) is 5.00. The van der Waals surface area contributed by atoms with Gasteiger partial charge in [0.05, 0.1) is 13.2 Å². The Morgan fingerprint density at radius 3 is 3.00 bits per heavy atom. The number of nitrogens with zero attached hydrogens (tertiary/aromatic N) is 2. The summed E-state index contributed by atoms with van der Waals surface area (Å²) in [6.45, 7) is 0.785. The normalized spacial score (nSPS) is 10.2. The highest BCUT2D eigenvalue weighted by molar-refractivity contribution is 5.93. The van der Waals surface area contributed by atoms with Crippen LogP contribution >= 0.6 is 0 Å². The van der Waals surface area contributed by atoms with Crippen LogP contribution in [0.4, 0.5) is 0 Å². The Hall–Kier alpha value is -1.46. The lowest BCUT2D eigenvalue weighted by atomic mass is 10.2. The lowest BCUT2D eigenvalue weighted by Gasteiger charge is -2.17. The van der Waals surface area contributed by atoms with Crippen LogP contribution in [0.15, 0.2) is 18.3 Å². The number of carbonyl (C=O) groups excluding carboxylic acids is 1. The fraction of sp³-hybridized carbons (Fsp3) is 0.455. The summed E-state index contributed by atoms with van der Waals surface area (Å²) in [4.78, 5) is 17.4. The van der Waals surface area contributed by atoms with E-state index < -0.39 is 0 Å². The van der Waals surface area contributed by atoms with Crippen molar-refractivity contribution in [3.05, 3.63) is 29.6 Å². The zero-order chi connectivity index (χ0) is 12.0. The number of pyridine rings is 1. The second-order valence-corrected chi connectivity index (χ2v) is 3.39. The third-order valence-electron chi connectivity index (χ3n) is 2.24. The molecular weight excluding hydrogens is 208 g/mol. The number of aliphatic hydroxyl groups is 1. The zero-order valence-electron chi connectivity index (χ0n) is 9.51. The lowest BCUT2D eigenvalue weighted by Crippen LogP contribution is -2.31. The molecule has 0 aliphatic rings. The Morgan fingerprint density at radius 2 is 2.38 bits per heavy atom. The molecule has 0 bridgehead atoms. The predicted octanol–water partition coefficient (Wildman–Crippen LogP) is 0.292. The van der Waals surface area contributed by atoms with E-state index in [1.54, 1.807) is 26.3 Å². The number of carbonyl (C=O) groups is 1. The maximum atomic E-state index is 11.9. The van der Waals surface area contributed by atoms with E-state index in [4.69, 9.17) is 9.84 Å². The van der Waals surface area contributed by atoms with Crippen LogP contribution < -0.4 is 0 Å². The molecule has 1 N–H and O–H groups in total. The number of aromatic nitrogens is 1. The maximum absolute atomic E-state index is 11.9. The van der Waals surface area contributed by atoms with E-state index >= 15 is 0 Å². The minimum absolute atomic E-state index is 0.187. The van der Waals surface area contributed by atoms with Crippen molar-refractivity contribution in [1.82, 2.24) is 9.88 Å². The average molecular weight is 224 g/mol. The van der Waals surface area contributed by atoms with E-state index in [0.717, 1.165) is 0 Å². The smallest absolute Gasteiger partial charge is 0.272 e. The first-order valence-electron chi connectivity index (χ1n) is 5.00. The molecule has 5 heteroatoms. The van der Waals surface area contributed by atoms with Crippen molar-refractivity contribution < 1.29 is 14.6 Å². The topological polar surface area (TPSA) is 62.7 Å². The molecule has 5 nitrogen and oxygen atoms in total. The highest BCUT2D eigenvalue weighted by atomic mass is 16.5. The van der Waals surface area contributed by atoms with Crippen molar-refractivity contribution in [3.63, 3.8) is 0 Å². The third-order valence-corrected chi connectivity index (χ3v) is 2.24. The van der Waals surface area contributed by atoms with Crippen molar-refractivity contribution in [3.8, 4) is 0 Å². The number of methoxy groups -OCH3 is 1. The highest BCUT2D eigenvalue weighted by Crippen LogP contribution is 2.07. The molecule has 16 heavy (non-hydrogen) atoms. The molecule has 0 aliphatic carbocycles. The van der Waals surface area contributed by atoms with Crippen molar-refractivity contribution >= 4 is 5.91 Å². The average Bonchev–Trinajstić information content (AvgIpc) is 2.34. The fourth-order valence-electron chi connectivity index (χ4n) is 1.27. The summed E-state index contributed by atoms with van der Waals surface area (Å²) in [7, 11) is 3.26. The molecule has 0 unspecified atom stereocenters. The van der Waals surface area contributed by atoms with Gasteiger partial charge in [0.25, 0.3) is 5.91 Å². The van der Waals surface area contributed by atoms with E-state index in [1.807, 2.05) is 0 Å². The van der Waals surface area contributed by atoms with E-state index in [9.17, 15) is 4.79 Å². The Morgan fingerprint density at radius 1 is 1.62 bits per heavy atom. The number of rotatable bonds is 5. The largest absolute Gasteiger partial charge is 0.392 e. The molecule has 88 valence electrons. The molecule has 0 aliphatic heterocycles. The molecule has 0 radical (unpaired) electrons. The Bertz CT molecular complexity index is 355. The fourth-order valence-corrected chi connectivity index (χ4v) is 1.27. The molecule has 1 amide bonds. The lowest BCUT2D eigenvalue weighted by molar-refractivity contribution is 0.0735. The van der Waals surface area contributed by atoms with Gasteiger partial charge in [-0.2, -0.15) is 0 Å². The van der Waals surface area contributed by atoms with Gasteiger partial charge in [-0.05, 0) is 6.07 Å². The molecule has 0 atom stereocenters. The molecule has 0 fully saturated rings. The summed E-state index contributed by atoms with van der Waals surface area (Å²) in [5.41, 5.74) is 0.834. The zero-order valence-corrected chi connectivity index (χ0v) is 9.51. The van der Waals surface area contributed by atoms with Crippen LogP contribution in [-0.2, 0) is 11.3 Å². The standard InChI is InChI=1S/C11H16N2O3/c1-13(6-7-16-2)11(15)10-9(8-14)4-3-5-12-10/h3-5,14H,6-8H2,1-2H3. The van der Waals surface area contributed by atoms with Crippen LogP contribution in [0.25, 0.3) is 0 Å². The molecule has 0 saturated carbocycles. The van der Waals surface area contributed by atoms with Crippen LogP contribution in [0.5, 0.6) is 0 Å². The molecule has 1 heterocycles. The van der Waals surface area contributed by atoms with Gasteiger partial charge in [-0.3, -0.25) is 9.78 Å². The molecule has 0 saturated heterocycles. The molecule has 1 rings (SSSR count). The van der Waals surface area contributed by atoms with Crippen molar-refractivity contribution in [2.75, 3.05) is 27.3 Å². The first-order chi connectivity index (χ1) is 7.70.